The zero-order valence-corrected chi connectivity index (χ0v) is 13.5. The number of pyridine rings is 1. The first-order chi connectivity index (χ1) is 10.3. The fourth-order valence-corrected chi connectivity index (χ4v) is 2.88. The summed E-state index contributed by atoms with van der Waals surface area (Å²) >= 11 is 0. The Labute approximate surface area is 129 Å². The summed E-state index contributed by atoms with van der Waals surface area (Å²) in [4.78, 5) is 0. The minimum atomic E-state index is 1.11. The Morgan fingerprint density at radius 3 is 2.24 bits per heavy atom. The first-order valence-corrected chi connectivity index (χ1v) is 8.38. The van der Waals surface area contributed by atoms with E-state index in [4.69, 9.17) is 0 Å². The number of aromatic nitrogens is 1. The van der Waals surface area contributed by atoms with Crippen molar-refractivity contribution in [1.29, 1.82) is 0 Å². The molecule has 0 spiro atoms. The van der Waals surface area contributed by atoms with Crippen LogP contribution in [-0.2, 0) is 25.8 Å². The monoisotopic (exact) mass is 282 g/mol. The lowest BCUT2D eigenvalue weighted by molar-refractivity contribution is -0.697. The molecule has 112 valence electrons. The lowest BCUT2D eigenvalue weighted by atomic mass is 10.0. The molecule has 0 saturated carbocycles. The van der Waals surface area contributed by atoms with Crippen LogP contribution in [0, 0.1) is 0 Å². The predicted molar refractivity (Wildman–Crippen MR) is 89.4 cm³/mol. The summed E-state index contributed by atoms with van der Waals surface area (Å²) < 4.78 is 2.37. The van der Waals surface area contributed by atoms with E-state index in [2.05, 4.69) is 67.2 Å². The van der Waals surface area contributed by atoms with Gasteiger partial charge in [0.05, 0.1) is 0 Å². The Hall–Kier alpha value is -1.63. The van der Waals surface area contributed by atoms with Gasteiger partial charge in [-0.25, -0.2) is 4.57 Å². The maximum atomic E-state index is 2.37. The van der Waals surface area contributed by atoms with Crippen LogP contribution in [0.3, 0.4) is 0 Å². The molecule has 21 heavy (non-hydrogen) atoms. The zero-order valence-electron chi connectivity index (χ0n) is 13.5. The summed E-state index contributed by atoms with van der Waals surface area (Å²) in [5, 5.41) is 0. The molecule has 0 aliphatic rings. The molecule has 0 saturated heterocycles. The van der Waals surface area contributed by atoms with Gasteiger partial charge in [-0.05, 0) is 30.4 Å². The SMILES string of the molecule is CCCc1cc[n+](CCCc2ccccc2)cc1CCC. The van der Waals surface area contributed by atoms with E-state index < -0.39 is 0 Å². The fourth-order valence-electron chi connectivity index (χ4n) is 2.88. The second kappa shape index (κ2) is 8.61. The highest BCUT2D eigenvalue weighted by molar-refractivity contribution is 5.21. The molecule has 0 aliphatic heterocycles. The molecule has 0 unspecified atom stereocenters. The molecule has 0 amide bonds. The first kappa shape index (κ1) is 15.8. The minimum Gasteiger partial charge on any atom is -0.205 e. The predicted octanol–water partition coefficient (Wildman–Crippen LogP) is 4.51. The van der Waals surface area contributed by atoms with Crippen molar-refractivity contribution in [2.75, 3.05) is 0 Å². The van der Waals surface area contributed by atoms with E-state index in [1.165, 1.54) is 37.7 Å². The van der Waals surface area contributed by atoms with Gasteiger partial charge in [0.2, 0.25) is 0 Å². The molecule has 0 bridgehead atoms. The molecular formula is C20H28N+. The molecule has 2 rings (SSSR count). The third-order valence-electron chi connectivity index (χ3n) is 3.96. The molecule has 2 aromatic rings. The summed E-state index contributed by atoms with van der Waals surface area (Å²) in [6.45, 7) is 5.64. The van der Waals surface area contributed by atoms with Gasteiger partial charge in [-0.15, -0.1) is 0 Å². The maximum Gasteiger partial charge on any atom is 0.172 e. The van der Waals surface area contributed by atoms with Gasteiger partial charge >= 0.3 is 0 Å². The van der Waals surface area contributed by atoms with Gasteiger partial charge in [-0.3, -0.25) is 0 Å². The molecule has 1 heteroatoms. The van der Waals surface area contributed by atoms with Crippen LogP contribution in [0.1, 0.15) is 49.8 Å². The third-order valence-corrected chi connectivity index (χ3v) is 3.96. The van der Waals surface area contributed by atoms with Crippen molar-refractivity contribution in [2.45, 2.75) is 58.9 Å². The second-order valence-electron chi connectivity index (χ2n) is 5.82. The summed E-state index contributed by atoms with van der Waals surface area (Å²) in [6, 6.07) is 13.1. The summed E-state index contributed by atoms with van der Waals surface area (Å²) in [6.07, 6.45) is 11.9. The van der Waals surface area contributed by atoms with E-state index in [9.17, 15) is 0 Å². The molecule has 0 atom stereocenters. The maximum absolute atomic E-state index is 2.37. The number of rotatable bonds is 8. The summed E-state index contributed by atoms with van der Waals surface area (Å²) in [7, 11) is 0. The van der Waals surface area contributed by atoms with Gasteiger partial charge in [0.25, 0.3) is 0 Å². The smallest absolute Gasteiger partial charge is 0.172 e. The number of aryl methyl sites for hydroxylation is 4. The van der Waals surface area contributed by atoms with Crippen LogP contribution >= 0.6 is 0 Å². The topological polar surface area (TPSA) is 3.88 Å². The average molecular weight is 282 g/mol. The van der Waals surface area contributed by atoms with Crippen molar-refractivity contribution >= 4 is 0 Å². The zero-order chi connectivity index (χ0) is 14.9. The van der Waals surface area contributed by atoms with Crippen molar-refractivity contribution in [2.24, 2.45) is 0 Å². The highest BCUT2D eigenvalue weighted by Crippen LogP contribution is 2.11. The Kier molecular flexibility index (Phi) is 6.46. The lowest BCUT2D eigenvalue weighted by Crippen LogP contribution is -2.34. The van der Waals surface area contributed by atoms with Gasteiger partial charge in [-0.1, -0.05) is 57.0 Å². The Morgan fingerprint density at radius 2 is 1.52 bits per heavy atom. The van der Waals surface area contributed by atoms with E-state index >= 15 is 0 Å². The summed E-state index contributed by atoms with van der Waals surface area (Å²) in [5.74, 6) is 0. The largest absolute Gasteiger partial charge is 0.205 e. The number of hydrogen-bond acceptors (Lipinski definition) is 0. The van der Waals surface area contributed by atoms with E-state index in [0.29, 0.717) is 0 Å². The van der Waals surface area contributed by atoms with Crippen LogP contribution < -0.4 is 4.57 Å². The van der Waals surface area contributed by atoms with E-state index in [1.807, 2.05) is 0 Å². The second-order valence-corrected chi connectivity index (χ2v) is 5.82. The van der Waals surface area contributed by atoms with E-state index in [-0.39, 0.29) is 0 Å². The molecule has 1 aromatic carbocycles. The Bertz CT molecular complexity index is 531. The van der Waals surface area contributed by atoms with E-state index in [1.54, 1.807) is 11.1 Å². The average Bonchev–Trinajstić information content (AvgIpc) is 2.51. The molecule has 1 aromatic heterocycles. The standard InChI is InChI=1S/C20H28N/c1-3-9-19-14-16-21(17-20(19)10-4-2)15-8-13-18-11-6-5-7-12-18/h5-7,11-12,14,16-17H,3-4,8-10,13,15H2,1-2H3/q+1. The van der Waals surface area contributed by atoms with Gasteiger partial charge in [0.15, 0.2) is 12.4 Å². The van der Waals surface area contributed by atoms with Crippen LogP contribution in [0.5, 0.6) is 0 Å². The molecule has 0 radical (unpaired) electrons. The van der Waals surface area contributed by atoms with Gasteiger partial charge in [0.1, 0.15) is 6.54 Å². The highest BCUT2D eigenvalue weighted by Gasteiger charge is 2.08. The molecule has 1 heterocycles. The van der Waals surface area contributed by atoms with Crippen molar-refractivity contribution in [1.82, 2.24) is 0 Å². The van der Waals surface area contributed by atoms with E-state index in [0.717, 1.165) is 13.0 Å². The summed E-state index contributed by atoms with van der Waals surface area (Å²) in [5.41, 5.74) is 4.52. The molecule has 0 aliphatic carbocycles. The number of benzene rings is 1. The van der Waals surface area contributed by atoms with Gasteiger partial charge in [0, 0.05) is 18.1 Å². The van der Waals surface area contributed by atoms with Gasteiger partial charge in [-0.2, -0.15) is 0 Å². The third kappa shape index (κ3) is 5.00. The van der Waals surface area contributed by atoms with Crippen molar-refractivity contribution < 1.29 is 4.57 Å². The Balaban J connectivity index is 1.95. The van der Waals surface area contributed by atoms with Crippen molar-refractivity contribution in [3.05, 3.63) is 65.5 Å². The minimum absolute atomic E-state index is 1.11. The normalized spacial score (nSPS) is 10.8. The van der Waals surface area contributed by atoms with Crippen LogP contribution in [0.2, 0.25) is 0 Å². The molecule has 0 N–H and O–H groups in total. The highest BCUT2D eigenvalue weighted by atomic mass is 14.9. The van der Waals surface area contributed by atoms with Crippen LogP contribution in [0.15, 0.2) is 48.8 Å². The molecular weight excluding hydrogens is 254 g/mol. The lowest BCUT2D eigenvalue weighted by Gasteiger charge is -2.07. The van der Waals surface area contributed by atoms with Crippen molar-refractivity contribution in [3.63, 3.8) is 0 Å². The van der Waals surface area contributed by atoms with Crippen LogP contribution in [-0.4, -0.2) is 0 Å². The number of hydrogen-bond donors (Lipinski definition) is 0. The van der Waals surface area contributed by atoms with Crippen molar-refractivity contribution in [3.8, 4) is 0 Å². The molecule has 0 fully saturated rings. The quantitative estimate of drug-likeness (QED) is 0.627. The fraction of sp³-hybridized carbons (Fsp3) is 0.450. The molecule has 1 nitrogen and oxygen atoms in total. The number of nitrogens with zero attached hydrogens (tertiary/aromatic N) is 1. The van der Waals surface area contributed by atoms with Crippen LogP contribution in [0.25, 0.3) is 0 Å². The Morgan fingerprint density at radius 1 is 0.810 bits per heavy atom. The van der Waals surface area contributed by atoms with Gasteiger partial charge < -0.3 is 0 Å². The first-order valence-electron chi connectivity index (χ1n) is 8.38. The van der Waals surface area contributed by atoms with Crippen LogP contribution in [0.4, 0.5) is 0 Å².